The van der Waals surface area contributed by atoms with Crippen molar-refractivity contribution in [3.8, 4) is 33.6 Å². The van der Waals surface area contributed by atoms with E-state index in [0.29, 0.717) is 0 Å². The molecule has 0 radical (unpaired) electrons. The Balaban J connectivity index is 1.30. The Labute approximate surface area is 237 Å². The highest BCUT2D eigenvalue weighted by molar-refractivity contribution is 6.10. The van der Waals surface area contributed by atoms with Gasteiger partial charge in [-0.05, 0) is 53.4 Å². The molecule has 3 aliphatic rings. The summed E-state index contributed by atoms with van der Waals surface area (Å²) in [5.41, 5.74) is 13.4. The molecule has 1 aliphatic carbocycles. The van der Waals surface area contributed by atoms with Crippen molar-refractivity contribution in [2.75, 3.05) is 0 Å². The smallest absolute Gasteiger partial charge is 0.269 e. The Hall–Kier alpha value is -5.02. The zero-order valence-electron chi connectivity index (χ0n) is 22.6. The summed E-state index contributed by atoms with van der Waals surface area (Å²) >= 11 is 0. The number of aromatic nitrogens is 2. The number of hydrogen-bond donors (Lipinski definition) is 0. The molecule has 5 heterocycles. The molecule has 0 saturated heterocycles. The maximum absolute atomic E-state index is 6.75. The second kappa shape index (κ2) is 7.38. The molecule has 2 aliphatic heterocycles. The van der Waals surface area contributed by atoms with Crippen molar-refractivity contribution < 1.29 is 13.6 Å². The van der Waals surface area contributed by atoms with Gasteiger partial charge < -0.3 is 4.42 Å². The minimum Gasteiger partial charge on any atom is -0.455 e. The summed E-state index contributed by atoms with van der Waals surface area (Å²) in [6.45, 7) is 2.14. The first kappa shape index (κ1) is 21.8. The average molecular weight is 527 g/mol. The third-order valence-corrected chi connectivity index (χ3v) is 9.90. The number of nitrogens with zero attached hydrogens (tertiary/aromatic N) is 2. The van der Waals surface area contributed by atoms with Crippen molar-refractivity contribution in [1.29, 1.82) is 0 Å². The molecule has 3 nitrogen and oxygen atoms in total. The molecule has 0 amide bonds. The number of para-hydroxylation sites is 1. The number of aryl methyl sites for hydroxylation is 1. The standard InChI is InChI=1S/C38H26N2O/c1-23-10-9-13-26-27-18-19-29-33(36(27)41-35(23)26)32-15-5-7-20-39(32)37-34(29)38(37)30-22-25(24-11-3-2-4-12-24)16-17-28(30)31-14-6-8-21-40(31)38/h2-22,34,37H,1H3/q+2. The van der Waals surface area contributed by atoms with Gasteiger partial charge >= 0.3 is 0 Å². The van der Waals surface area contributed by atoms with Crippen LogP contribution in [-0.4, -0.2) is 0 Å². The Kier molecular flexibility index (Phi) is 3.92. The van der Waals surface area contributed by atoms with E-state index >= 15 is 0 Å². The van der Waals surface area contributed by atoms with Gasteiger partial charge in [0.2, 0.25) is 17.4 Å². The van der Waals surface area contributed by atoms with Crippen LogP contribution in [-0.2, 0) is 5.54 Å². The van der Waals surface area contributed by atoms with Gasteiger partial charge in [-0.1, -0.05) is 66.7 Å². The first-order valence-electron chi connectivity index (χ1n) is 14.4. The zero-order chi connectivity index (χ0) is 26.9. The number of rotatable bonds is 1. The van der Waals surface area contributed by atoms with Gasteiger partial charge in [0.1, 0.15) is 17.1 Å². The molecule has 4 aromatic carbocycles. The lowest BCUT2D eigenvalue weighted by Gasteiger charge is -2.12. The molecule has 3 heteroatoms. The molecule has 3 aromatic heterocycles. The maximum Gasteiger partial charge on any atom is 0.269 e. The van der Waals surface area contributed by atoms with Crippen LogP contribution in [0.2, 0.25) is 0 Å². The van der Waals surface area contributed by atoms with Gasteiger partial charge in [0.15, 0.2) is 12.4 Å². The molecule has 1 saturated carbocycles. The van der Waals surface area contributed by atoms with Crippen molar-refractivity contribution in [2.45, 2.75) is 24.4 Å². The van der Waals surface area contributed by atoms with Crippen molar-refractivity contribution in [2.24, 2.45) is 0 Å². The Morgan fingerprint density at radius 2 is 1.46 bits per heavy atom. The maximum atomic E-state index is 6.75. The van der Waals surface area contributed by atoms with Crippen LogP contribution in [0.4, 0.5) is 0 Å². The summed E-state index contributed by atoms with van der Waals surface area (Å²) in [5.74, 6) is 0.287. The van der Waals surface area contributed by atoms with Gasteiger partial charge in [0.05, 0.1) is 11.1 Å². The first-order chi connectivity index (χ1) is 20.3. The fraction of sp³-hybridized carbons (Fsp3) is 0.105. The fourth-order valence-electron chi connectivity index (χ4n) is 8.23. The summed E-state index contributed by atoms with van der Waals surface area (Å²) in [5, 5.41) is 2.38. The molecule has 10 rings (SSSR count). The van der Waals surface area contributed by atoms with Crippen molar-refractivity contribution >= 4 is 21.9 Å². The highest BCUT2D eigenvalue weighted by Gasteiger charge is 2.86. The molecular formula is C38H26N2O+2. The van der Waals surface area contributed by atoms with E-state index in [1.165, 1.54) is 61.1 Å². The third-order valence-electron chi connectivity index (χ3n) is 9.90. The second-order valence-corrected chi connectivity index (χ2v) is 11.8. The van der Waals surface area contributed by atoms with Gasteiger partial charge in [-0.15, -0.1) is 0 Å². The molecule has 0 bridgehead atoms. The fourth-order valence-corrected chi connectivity index (χ4v) is 8.23. The molecule has 41 heavy (non-hydrogen) atoms. The predicted molar refractivity (Wildman–Crippen MR) is 160 cm³/mol. The minimum absolute atomic E-state index is 0.210. The van der Waals surface area contributed by atoms with Gasteiger partial charge in [-0.25, -0.2) is 0 Å². The summed E-state index contributed by atoms with van der Waals surface area (Å²) in [7, 11) is 0. The van der Waals surface area contributed by atoms with E-state index in [9.17, 15) is 0 Å². The quantitative estimate of drug-likeness (QED) is 0.199. The summed E-state index contributed by atoms with van der Waals surface area (Å²) in [4.78, 5) is 0. The first-order valence-corrected chi connectivity index (χ1v) is 14.4. The van der Waals surface area contributed by atoms with Gasteiger partial charge in [-0.2, -0.15) is 9.13 Å². The predicted octanol–water partition coefficient (Wildman–Crippen LogP) is 7.88. The molecule has 3 unspecified atom stereocenters. The van der Waals surface area contributed by atoms with Gasteiger partial charge in [0.25, 0.3) is 5.54 Å². The number of hydrogen-bond acceptors (Lipinski definition) is 1. The molecular weight excluding hydrogens is 500 g/mol. The third kappa shape index (κ3) is 2.52. The summed E-state index contributed by atoms with van der Waals surface area (Å²) in [6, 6.07) is 42.5. The largest absolute Gasteiger partial charge is 0.455 e. The van der Waals surface area contributed by atoms with Crippen molar-refractivity contribution in [1.82, 2.24) is 0 Å². The van der Waals surface area contributed by atoms with Crippen LogP contribution >= 0.6 is 0 Å². The molecule has 3 atom stereocenters. The van der Waals surface area contributed by atoms with Crippen LogP contribution in [0, 0.1) is 6.92 Å². The van der Waals surface area contributed by atoms with Gasteiger partial charge in [-0.3, -0.25) is 0 Å². The molecule has 192 valence electrons. The van der Waals surface area contributed by atoms with E-state index in [-0.39, 0.29) is 17.5 Å². The van der Waals surface area contributed by atoms with Crippen LogP contribution in [0.15, 0.2) is 132 Å². The number of furan rings is 1. The van der Waals surface area contributed by atoms with E-state index in [2.05, 4.69) is 144 Å². The lowest BCUT2D eigenvalue weighted by Crippen LogP contribution is -2.50. The topological polar surface area (TPSA) is 20.9 Å². The van der Waals surface area contributed by atoms with E-state index in [1.807, 2.05) is 0 Å². The Bertz CT molecular complexity index is 2250. The number of benzene rings is 4. The molecule has 1 spiro atoms. The molecule has 0 N–H and O–H groups in total. The van der Waals surface area contributed by atoms with Crippen molar-refractivity contribution in [3.63, 3.8) is 0 Å². The van der Waals surface area contributed by atoms with Crippen LogP contribution in [0.5, 0.6) is 0 Å². The zero-order valence-corrected chi connectivity index (χ0v) is 22.6. The summed E-state index contributed by atoms with van der Waals surface area (Å²) in [6.07, 6.45) is 4.57. The van der Waals surface area contributed by atoms with E-state index < -0.39 is 0 Å². The summed E-state index contributed by atoms with van der Waals surface area (Å²) < 4.78 is 11.8. The highest BCUT2D eigenvalue weighted by atomic mass is 16.3. The van der Waals surface area contributed by atoms with E-state index in [4.69, 9.17) is 4.42 Å². The lowest BCUT2D eigenvalue weighted by molar-refractivity contribution is -0.772. The average Bonchev–Trinajstić information content (AvgIpc) is 3.46. The van der Waals surface area contributed by atoms with Crippen LogP contribution in [0.1, 0.15) is 28.7 Å². The molecule has 1 fully saturated rings. The van der Waals surface area contributed by atoms with E-state index in [0.717, 1.165) is 11.2 Å². The van der Waals surface area contributed by atoms with Crippen molar-refractivity contribution in [3.05, 3.63) is 144 Å². The monoisotopic (exact) mass is 526 g/mol. The number of fused-ring (bicyclic) bond motifs is 17. The Morgan fingerprint density at radius 3 is 2.37 bits per heavy atom. The van der Waals surface area contributed by atoms with Gasteiger partial charge in [0, 0.05) is 40.6 Å². The van der Waals surface area contributed by atoms with Crippen LogP contribution in [0.25, 0.3) is 55.6 Å². The number of pyridine rings is 2. The lowest BCUT2D eigenvalue weighted by atomic mass is 9.90. The second-order valence-electron chi connectivity index (χ2n) is 11.8. The highest BCUT2D eigenvalue weighted by Crippen LogP contribution is 2.71. The SMILES string of the molecule is Cc1cccc2c1oc1c3c(ccc12)C1C([n+]2ccccc2-3)C12c1cc(-c3ccccc3)ccc1-c1cccc[n+]12. The van der Waals surface area contributed by atoms with E-state index in [1.54, 1.807) is 0 Å². The Morgan fingerprint density at radius 1 is 0.659 bits per heavy atom. The molecule has 7 aromatic rings. The minimum atomic E-state index is -0.210. The van der Waals surface area contributed by atoms with Crippen LogP contribution in [0.3, 0.4) is 0 Å². The van der Waals surface area contributed by atoms with Crippen LogP contribution < -0.4 is 9.13 Å². The normalized spacial score (nSPS) is 20.9.